The van der Waals surface area contributed by atoms with Gasteiger partial charge in [-0.25, -0.2) is 4.79 Å². The van der Waals surface area contributed by atoms with Gasteiger partial charge in [0.1, 0.15) is 11.8 Å². The van der Waals surface area contributed by atoms with Crippen molar-refractivity contribution in [1.29, 1.82) is 0 Å². The second kappa shape index (κ2) is 6.93. The Balaban J connectivity index is 2.14. The number of carboxylic acid groups (broad SMARTS) is 1. The lowest BCUT2D eigenvalue weighted by atomic mass is 10.0. The van der Waals surface area contributed by atoms with Crippen LogP contribution in [0.15, 0.2) is 22.7 Å². The number of hydrogen-bond acceptors (Lipinski definition) is 3. The van der Waals surface area contributed by atoms with Gasteiger partial charge in [-0.2, -0.15) is 0 Å². The average molecular weight is 356 g/mol. The predicted molar refractivity (Wildman–Crippen MR) is 81.4 cm³/mol. The first kappa shape index (κ1) is 15.8. The Bertz CT molecular complexity index is 546. The molecule has 0 aliphatic carbocycles. The van der Waals surface area contributed by atoms with E-state index in [0.29, 0.717) is 18.7 Å². The van der Waals surface area contributed by atoms with E-state index in [2.05, 4.69) is 15.9 Å². The van der Waals surface area contributed by atoms with Crippen molar-refractivity contribution in [1.82, 2.24) is 4.90 Å². The van der Waals surface area contributed by atoms with Crippen LogP contribution in [0.25, 0.3) is 0 Å². The van der Waals surface area contributed by atoms with Gasteiger partial charge in [0, 0.05) is 11.0 Å². The van der Waals surface area contributed by atoms with E-state index in [1.807, 2.05) is 6.07 Å². The van der Waals surface area contributed by atoms with Crippen molar-refractivity contribution in [2.75, 3.05) is 13.7 Å². The van der Waals surface area contributed by atoms with E-state index < -0.39 is 12.0 Å². The summed E-state index contributed by atoms with van der Waals surface area (Å²) in [4.78, 5) is 25.2. The van der Waals surface area contributed by atoms with Crippen molar-refractivity contribution in [3.8, 4) is 5.75 Å². The minimum atomic E-state index is -0.923. The molecule has 0 spiro atoms. The maximum absolute atomic E-state index is 12.4. The van der Waals surface area contributed by atoms with E-state index in [1.54, 1.807) is 19.2 Å². The Kier molecular flexibility index (Phi) is 5.22. The number of ether oxygens (including phenoxy) is 1. The van der Waals surface area contributed by atoms with Crippen LogP contribution in [0.1, 0.15) is 24.8 Å². The van der Waals surface area contributed by atoms with Gasteiger partial charge in [-0.15, -0.1) is 0 Å². The third-order valence-corrected chi connectivity index (χ3v) is 4.48. The minimum Gasteiger partial charge on any atom is -0.497 e. The standard InChI is InChI=1S/C15H18BrNO4/c1-21-11-5-6-12(16)10(8-11)9-14(18)17-7-3-2-4-13(17)15(19)20/h5-6,8,13H,2-4,7,9H2,1H3,(H,19,20). The Morgan fingerprint density at radius 1 is 1.43 bits per heavy atom. The molecule has 5 nitrogen and oxygen atoms in total. The highest BCUT2D eigenvalue weighted by molar-refractivity contribution is 9.10. The summed E-state index contributed by atoms with van der Waals surface area (Å²) in [6.45, 7) is 0.511. The number of carbonyl (C=O) groups excluding carboxylic acids is 1. The van der Waals surface area contributed by atoms with Gasteiger partial charge in [0.2, 0.25) is 5.91 Å². The molecule has 21 heavy (non-hydrogen) atoms. The number of piperidine rings is 1. The van der Waals surface area contributed by atoms with Crippen molar-refractivity contribution in [2.45, 2.75) is 31.7 Å². The third kappa shape index (κ3) is 3.75. The van der Waals surface area contributed by atoms with Crippen LogP contribution in [0.2, 0.25) is 0 Å². The van der Waals surface area contributed by atoms with Crippen molar-refractivity contribution < 1.29 is 19.4 Å². The fourth-order valence-electron chi connectivity index (χ4n) is 2.56. The van der Waals surface area contributed by atoms with Crippen LogP contribution < -0.4 is 4.74 Å². The van der Waals surface area contributed by atoms with Gasteiger partial charge in [0.05, 0.1) is 13.5 Å². The zero-order valence-corrected chi connectivity index (χ0v) is 13.4. The largest absolute Gasteiger partial charge is 0.497 e. The molecule has 1 aliphatic rings. The van der Waals surface area contributed by atoms with E-state index in [9.17, 15) is 14.7 Å². The summed E-state index contributed by atoms with van der Waals surface area (Å²) in [6, 6.07) is 4.73. The number of benzene rings is 1. The van der Waals surface area contributed by atoms with Crippen LogP contribution >= 0.6 is 15.9 Å². The summed E-state index contributed by atoms with van der Waals surface area (Å²) in [7, 11) is 1.57. The number of amides is 1. The second-order valence-corrected chi connectivity index (χ2v) is 5.93. The summed E-state index contributed by atoms with van der Waals surface area (Å²) in [5.74, 6) is -0.404. The molecule has 1 fully saturated rings. The van der Waals surface area contributed by atoms with E-state index in [4.69, 9.17) is 4.74 Å². The predicted octanol–water partition coefficient (Wildman–Crippen LogP) is 2.47. The van der Waals surface area contributed by atoms with Gasteiger partial charge >= 0.3 is 5.97 Å². The summed E-state index contributed by atoms with van der Waals surface area (Å²) in [5.41, 5.74) is 0.800. The number of likely N-dealkylation sites (tertiary alicyclic amines) is 1. The van der Waals surface area contributed by atoms with Crippen molar-refractivity contribution in [3.63, 3.8) is 0 Å². The molecule has 0 bridgehead atoms. The lowest BCUT2D eigenvalue weighted by Gasteiger charge is -2.33. The Hall–Kier alpha value is -1.56. The molecule has 114 valence electrons. The zero-order valence-electron chi connectivity index (χ0n) is 11.8. The van der Waals surface area contributed by atoms with E-state index in [1.165, 1.54) is 4.90 Å². The van der Waals surface area contributed by atoms with Gasteiger partial charge in [-0.3, -0.25) is 4.79 Å². The first-order valence-corrected chi connectivity index (χ1v) is 7.67. The topological polar surface area (TPSA) is 66.8 Å². The van der Waals surface area contributed by atoms with Crippen LogP contribution in [-0.4, -0.2) is 41.6 Å². The number of carboxylic acids is 1. The summed E-state index contributed by atoms with van der Waals surface area (Å²) >= 11 is 3.41. The molecular weight excluding hydrogens is 338 g/mol. The number of halogens is 1. The Morgan fingerprint density at radius 3 is 2.86 bits per heavy atom. The normalized spacial score (nSPS) is 18.4. The fourth-order valence-corrected chi connectivity index (χ4v) is 2.95. The maximum Gasteiger partial charge on any atom is 0.326 e. The van der Waals surface area contributed by atoms with Gasteiger partial charge in [-0.05, 0) is 43.0 Å². The maximum atomic E-state index is 12.4. The van der Waals surface area contributed by atoms with Crippen LogP contribution in [0.5, 0.6) is 5.75 Å². The second-order valence-electron chi connectivity index (χ2n) is 5.07. The molecule has 1 aromatic carbocycles. The number of methoxy groups -OCH3 is 1. The van der Waals surface area contributed by atoms with E-state index in [0.717, 1.165) is 22.9 Å². The summed E-state index contributed by atoms with van der Waals surface area (Å²) < 4.78 is 5.98. The molecule has 0 saturated carbocycles. The van der Waals surface area contributed by atoms with Crippen molar-refractivity contribution in [3.05, 3.63) is 28.2 Å². The van der Waals surface area contributed by atoms with Gasteiger partial charge in [0.15, 0.2) is 0 Å². The molecule has 1 unspecified atom stereocenters. The highest BCUT2D eigenvalue weighted by Gasteiger charge is 2.31. The minimum absolute atomic E-state index is 0.156. The van der Waals surface area contributed by atoms with Crippen molar-refractivity contribution >= 4 is 27.8 Å². The van der Waals surface area contributed by atoms with E-state index >= 15 is 0 Å². The lowest BCUT2D eigenvalue weighted by Crippen LogP contribution is -2.48. The van der Waals surface area contributed by atoms with Gasteiger partial charge < -0.3 is 14.7 Å². The number of aliphatic carboxylic acids is 1. The number of nitrogens with zero attached hydrogens (tertiary/aromatic N) is 1. The number of rotatable bonds is 4. The van der Waals surface area contributed by atoms with Gasteiger partial charge in [-0.1, -0.05) is 15.9 Å². The fraction of sp³-hybridized carbons (Fsp3) is 0.467. The quantitative estimate of drug-likeness (QED) is 0.900. The van der Waals surface area contributed by atoms with Crippen LogP contribution in [0.3, 0.4) is 0 Å². The summed E-state index contributed by atoms with van der Waals surface area (Å²) in [6.07, 6.45) is 2.40. The molecule has 6 heteroatoms. The zero-order chi connectivity index (χ0) is 15.4. The molecule has 1 heterocycles. The summed E-state index contributed by atoms with van der Waals surface area (Å²) in [5, 5.41) is 9.24. The van der Waals surface area contributed by atoms with E-state index in [-0.39, 0.29) is 12.3 Å². The molecule has 1 amide bonds. The van der Waals surface area contributed by atoms with Gasteiger partial charge in [0.25, 0.3) is 0 Å². The molecule has 1 saturated heterocycles. The van der Waals surface area contributed by atoms with Crippen molar-refractivity contribution in [2.24, 2.45) is 0 Å². The lowest BCUT2D eigenvalue weighted by molar-refractivity contribution is -0.151. The highest BCUT2D eigenvalue weighted by atomic mass is 79.9. The van der Waals surface area contributed by atoms with Crippen LogP contribution in [0, 0.1) is 0 Å². The Labute approximate surface area is 132 Å². The van der Waals surface area contributed by atoms with Crippen LogP contribution in [-0.2, 0) is 16.0 Å². The molecule has 1 aliphatic heterocycles. The molecule has 1 aromatic rings. The number of carbonyl (C=O) groups is 2. The highest BCUT2D eigenvalue weighted by Crippen LogP contribution is 2.25. The molecule has 0 radical (unpaired) electrons. The monoisotopic (exact) mass is 355 g/mol. The molecule has 1 atom stereocenters. The molecular formula is C15H18BrNO4. The molecule has 2 rings (SSSR count). The number of hydrogen-bond donors (Lipinski definition) is 1. The smallest absolute Gasteiger partial charge is 0.326 e. The third-order valence-electron chi connectivity index (χ3n) is 3.70. The molecule has 0 aromatic heterocycles. The first-order valence-electron chi connectivity index (χ1n) is 6.87. The first-order chi connectivity index (χ1) is 10.0. The Morgan fingerprint density at radius 2 is 2.19 bits per heavy atom. The average Bonchev–Trinajstić information content (AvgIpc) is 2.49. The SMILES string of the molecule is COc1ccc(Br)c(CC(=O)N2CCCCC2C(=O)O)c1. The molecule has 1 N–H and O–H groups in total. The van der Waals surface area contributed by atoms with Crippen LogP contribution in [0.4, 0.5) is 0 Å².